The van der Waals surface area contributed by atoms with E-state index >= 15 is 0 Å². The van der Waals surface area contributed by atoms with Crippen LogP contribution in [0, 0.1) is 18.8 Å². The highest BCUT2D eigenvalue weighted by Gasteiger charge is 2.31. The molecule has 2 heterocycles. The number of anilines is 1. The summed E-state index contributed by atoms with van der Waals surface area (Å²) in [5.41, 5.74) is 3.88. The van der Waals surface area contributed by atoms with Crippen molar-refractivity contribution in [2.75, 3.05) is 25.0 Å². The molecular weight excluding hydrogens is 791 g/mol. The van der Waals surface area contributed by atoms with Crippen LogP contribution in [0.4, 0.5) is 15.3 Å². The Bertz CT molecular complexity index is 2230. The minimum Gasteiger partial charge on any atom is -0.465 e. The van der Waals surface area contributed by atoms with Crippen molar-refractivity contribution in [1.29, 1.82) is 0 Å². The molecule has 0 unspecified atom stereocenters. The van der Waals surface area contributed by atoms with Crippen LogP contribution < -0.4 is 20.7 Å². The Balaban J connectivity index is 1.10. The van der Waals surface area contributed by atoms with Gasteiger partial charge in [0, 0.05) is 49.3 Å². The molecule has 4 amide bonds. The number of aryl methyl sites for hydroxylation is 1. The summed E-state index contributed by atoms with van der Waals surface area (Å²) >= 11 is 0. The van der Waals surface area contributed by atoms with Crippen LogP contribution in [0.15, 0.2) is 71.6 Å². The maximum Gasteiger partial charge on any atom is 0.407 e. The van der Waals surface area contributed by atoms with Gasteiger partial charge in [0.1, 0.15) is 11.6 Å². The van der Waals surface area contributed by atoms with E-state index in [2.05, 4.69) is 41.3 Å². The molecular formula is C42H53N9O8S. The van der Waals surface area contributed by atoms with Gasteiger partial charge in [-0.15, -0.1) is 10.2 Å². The summed E-state index contributed by atoms with van der Waals surface area (Å²) in [6.07, 6.45) is 2.26. The van der Waals surface area contributed by atoms with E-state index in [4.69, 9.17) is 4.74 Å². The fraction of sp³-hybridized carbons (Fsp3) is 0.452. The van der Waals surface area contributed by atoms with Gasteiger partial charge in [0.2, 0.25) is 27.7 Å². The lowest BCUT2D eigenvalue weighted by atomic mass is 9.81. The maximum absolute atomic E-state index is 13.9. The van der Waals surface area contributed by atoms with Crippen LogP contribution in [0.1, 0.15) is 70.4 Å². The number of tetrazole rings is 1. The van der Waals surface area contributed by atoms with Crippen molar-refractivity contribution in [3.8, 4) is 22.5 Å². The number of alkyl carbamates (subject to hydrolysis) is 1. The number of nitrogens with one attached hydrogen (secondary N) is 5. The van der Waals surface area contributed by atoms with E-state index in [1.54, 1.807) is 42.5 Å². The summed E-state index contributed by atoms with van der Waals surface area (Å²) in [6.45, 7) is 8.27. The lowest BCUT2D eigenvalue weighted by Crippen LogP contribution is -2.48. The van der Waals surface area contributed by atoms with Gasteiger partial charge in [-0.2, -0.15) is 5.21 Å². The predicted octanol–water partition coefficient (Wildman–Crippen LogP) is 5.26. The van der Waals surface area contributed by atoms with Crippen molar-refractivity contribution in [3.63, 3.8) is 0 Å². The fourth-order valence-electron chi connectivity index (χ4n) is 7.54. The van der Waals surface area contributed by atoms with E-state index in [-0.39, 0.29) is 54.1 Å². The summed E-state index contributed by atoms with van der Waals surface area (Å²) < 4.78 is 34.6. The lowest BCUT2D eigenvalue weighted by molar-refractivity contribution is -0.130. The number of likely N-dealkylation sites (tertiary alicyclic amines) is 1. The average molecular weight is 844 g/mol. The van der Waals surface area contributed by atoms with E-state index in [0.29, 0.717) is 49.3 Å². The highest BCUT2D eigenvalue weighted by Crippen LogP contribution is 2.30. The normalized spacial score (nSPS) is 18.0. The largest absolute Gasteiger partial charge is 0.465 e. The minimum atomic E-state index is -3.83. The van der Waals surface area contributed by atoms with Gasteiger partial charge in [-0.25, -0.2) is 22.7 Å². The molecule has 18 heteroatoms. The second-order valence-electron chi connectivity index (χ2n) is 16.5. The summed E-state index contributed by atoms with van der Waals surface area (Å²) in [4.78, 5) is 52.4. The zero-order chi connectivity index (χ0) is 43.0. The van der Waals surface area contributed by atoms with Gasteiger partial charge in [0.25, 0.3) is 0 Å². The fourth-order valence-corrected chi connectivity index (χ4v) is 8.93. The van der Waals surface area contributed by atoms with Gasteiger partial charge in [-0.3, -0.25) is 9.59 Å². The van der Waals surface area contributed by atoms with E-state index in [0.717, 1.165) is 35.1 Å². The molecule has 1 aliphatic heterocycles. The Labute approximate surface area is 349 Å². The molecule has 1 atom stereocenters. The molecule has 3 aromatic carbocycles. The van der Waals surface area contributed by atoms with E-state index < -0.39 is 33.9 Å². The summed E-state index contributed by atoms with van der Waals surface area (Å²) in [7, 11) is -3.83. The van der Waals surface area contributed by atoms with Crippen molar-refractivity contribution in [3.05, 3.63) is 77.9 Å². The molecule has 1 saturated carbocycles. The Morgan fingerprint density at radius 1 is 0.917 bits per heavy atom. The van der Waals surface area contributed by atoms with Crippen LogP contribution in [-0.4, -0.2) is 100 Å². The molecule has 2 aliphatic rings. The SMILES string of the molecule is Cc1cc(S(=O)(=O)NC2CCN(C(=O)O)CC2)ccc1-c1ccc(C[C@H](NC(=O)[C@H]2CC[C@H](CNC(=O)OC(C)(C)C)CC2)C(=O)Nc2ccc(-c3nn[nH]n3)cc2)cc1. The number of sulfonamides is 1. The van der Waals surface area contributed by atoms with Crippen LogP contribution in [0.2, 0.25) is 0 Å². The molecule has 4 aromatic rings. The zero-order valence-electron chi connectivity index (χ0n) is 34.2. The maximum atomic E-state index is 13.9. The Hall–Kier alpha value is -5.88. The molecule has 0 bridgehead atoms. The van der Waals surface area contributed by atoms with Gasteiger partial charge in [-0.05, 0) is 136 Å². The number of carbonyl (C=O) groups excluding carboxylic acids is 3. The first-order valence-corrected chi connectivity index (χ1v) is 21.6. The third kappa shape index (κ3) is 11.9. The summed E-state index contributed by atoms with van der Waals surface area (Å²) in [5, 5.41) is 32.0. The number of hydrogen-bond donors (Lipinski definition) is 6. The number of piperidine rings is 1. The molecule has 17 nitrogen and oxygen atoms in total. The zero-order valence-corrected chi connectivity index (χ0v) is 35.0. The van der Waals surface area contributed by atoms with Crippen molar-refractivity contribution >= 4 is 39.7 Å². The number of ether oxygens (including phenoxy) is 1. The van der Waals surface area contributed by atoms with Gasteiger partial charge in [0.05, 0.1) is 4.90 Å². The van der Waals surface area contributed by atoms with Crippen molar-refractivity contribution in [1.82, 2.24) is 40.9 Å². The molecule has 2 fully saturated rings. The van der Waals surface area contributed by atoms with Crippen LogP contribution in [-0.2, 0) is 30.8 Å². The molecule has 0 spiro atoms. The number of hydrogen-bond acceptors (Lipinski definition) is 10. The topological polar surface area (TPSA) is 238 Å². The molecule has 6 rings (SSSR count). The number of nitrogens with zero attached hydrogens (tertiary/aromatic N) is 4. The summed E-state index contributed by atoms with van der Waals surface area (Å²) in [6, 6.07) is 18.2. The number of carboxylic acid groups (broad SMARTS) is 1. The number of aromatic nitrogens is 4. The third-order valence-corrected chi connectivity index (χ3v) is 12.4. The van der Waals surface area contributed by atoms with Gasteiger partial charge in [0.15, 0.2) is 0 Å². The molecule has 1 saturated heterocycles. The smallest absolute Gasteiger partial charge is 0.407 e. The van der Waals surface area contributed by atoms with Crippen molar-refractivity contribution in [2.24, 2.45) is 11.8 Å². The Kier molecular flexibility index (Phi) is 13.8. The number of rotatable bonds is 13. The molecule has 6 N–H and O–H groups in total. The average Bonchev–Trinajstić information content (AvgIpc) is 3.75. The Morgan fingerprint density at radius 3 is 2.18 bits per heavy atom. The predicted molar refractivity (Wildman–Crippen MR) is 223 cm³/mol. The molecule has 1 aliphatic carbocycles. The molecule has 320 valence electrons. The molecule has 60 heavy (non-hydrogen) atoms. The lowest BCUT2D eigenvalue weighted by Gasteiger charge is -2.30. The first-order valence-electron chi connectivity index (χ1n) is 20.1. The van der Waals surface area contributed by atoms with Crippen molar-refractivity contribution < 1.29 is 37.4 Å². The van der Waals surface area contributed by atoms with E-state index in [1.807, 2.05) is 52.0 Å². The van der Waals surface area contributed by atoms with Crippen molar-refractivity contribution in [2.45, 2.75) is 95.2 Å². The van der Waals surface area contributed by atoms with Gasteiger partial charge < -0.3 is 30.7 Å². The first-order chi connectivity index (χ1) is 28.5. The second-order valence-corrected chi connectivity index (χ2v) is 18.2. The standard InChI is InChI=1S/C42H53N9O8S/c1-26-23-34(60(57,58)48-33-19-21-51(22-20-33)41(55)56)17-18-35(26)29-9-5-27(6-10-29)24-36(39(53)44-32-15-13-30(14-16-32)37-46-49-50-47-37)45-38(52)31-11-7-28(8-12-31)25-43-40(54)59-42(2,3)4/h5-6,9-10,13-18,23,28,31,33,36,48H,7-8,11-12,19-22,24-25H2,1-4H3,(H,43,54)(H,44,53)(H,45,52)(H,55,56)(H,46,47,49,50)/t28-,31-,36-/m0/s1. The quantitative estimate of drug-likeness (QED) is 0.102. The third-order valence-electron chi connectivity index (χ3n) is 10.8. The van der Waals surface area contributed by atoms with Crippen LogP contribution in [0.25, 0.3) is 22.5 Å². The molecule has 0 radical (unpaired) electrons. The number of aromatic amines is 1. The monoisotopic (exact) mass is 843 g/mol. The number of H-pyrrole nitrogens is 1. The second kappa shape index (κ2) is 19.0. The van der Waals surface area contributed by atoms with Crippen LogP contribution in [0.3, 0.4) is 0 Å². The van der Waals surface area contributed by atoms with E-state index in [1.165, 1.54) is 4.90 Å². The van der Waals surface area contributed by atoms with Gasteiger partial charge in [-0.1, -0.05) is 30.3 Å². The number of amides is 4. The first kappa shape index (κ1) is 43.7. The minimum absolute atomic E-state index is 0.126. The highest BCUT2D eigenvalue weighted by molar-refractivity contribution is 7.89. The highest BCUT2D eigenvalue weighted by atomic mass is 32.2. The van der Waals surface area contributed by atoms with E-state index in [9.17, 15) is 32.7 Å². The summed E-state index contributed by atoms with van der Waals surface area (Å²) in [5.74, 6) is -0.250. The van der Waals surface area contributed by atoms with Gasteiger partial charge >= 0.3 is 12.2 Å². The van der Waals surface area contributed by atoms with Crippen LogP contribution >= 0.6 is 0 Å². The molecule has 1 aromatic heterocycles. The number of carbonyl (C=O) groups is 4. The number of benzene rings is 3. The van der Waals surface area contributed by atoms with Crippen LogP contribution in [0.5, 0.6) is 0 Å². The Morgan fingerprint density at radius 2 is 1.58 bits per heavy atom.